The first-order chi connectivity index (χ1) is 10.3. The van der Waals surface area contributed by atoms with Gasteiger partial charge in [0.25, 0.3) is 0 Å². The molecule has 2 aromatic heterocycles. The first-order valence-electron chi connectivity index (χ1n) is 7.07. The second kappa shape index (κ2) is 5.33. The predicted molar refractivity (Wildman–Crippen MR) is 87.7 cm³/mol. The Morgan fingerprint density at radius 1 is 1.05 bits per heavy atom. The molecule has 1 aliphatic rings. The molecule has 4 rings (SSSR count). The van der Waals surface area contributed by atoms with Gasteiger partial charge in [-0.05, 0) is 36.5 Å². The van der Waals surface area contributed by atoms with E-state index in [-0.39, 0.29) is 6.04 Å². The fourth-order valence-electron chi connectivity index (χ4n) is 2.70. The Hall–Kier alpha value is -1.56. The highest BCUT2D eigenvalue weighted by atomic mass is 32.1. The fraction of sp³-hybridized carbons (Fsp3) is 0.250. The van der Waals surface area contributed by atoms with Crippen LogP contribution < -0.4 is 5.73 Å². The van der Waals surface area contributed by atoms with Crippen molar-refractivity contribution < 1.29 is 0 Å². The average molecular weight is 313 g/mol. The molecule has 1 aromatic carbocycles. The molecule has 2 N–H and O–H groups in total. The van der Waals surface area contributed by atoms with Crippen molar-refractivity contribution in [3.8, 4) is 9.88 Å². The molecular weight excluding hydrogens is 298 g/mol. The molecule has 0 bridgehead atoms. The lowest BCUT2D eigenvalue weighted by Crippen LogP contribution is -2.11. The van der Waals surface area contributed by atoms with E-state index >= 15 is 0 Å². The predicted octanol–water partition coefficient (Wildman–Crippen LogP) is 3.80. The Morgan fingerprint density at radius 3 is 2.71 bits per heavy atom. The van der Waals surface area contributed by atoms with E-state index in [0.29, 0.717) is 0 Å². The van der Waals surface area contributed by atoms with Crippen molar-refractivity contribution in [1.82, 2.24) is 10.2 Å². The zero-order valence-corrected chi connectivity index (χ0v) is 13.1. The van der Waals surface area contributed by atoms with Gasteiger partial charge in [0.1, 0.15) is 5.01 Å². The molecule has 1 atom stereocenters. The topological polar surface area (TPSA) is 51.8 Å². The van der Waals surface area contributed by atoms with Crippen molar-refractivity contribution in [2.45, 2.75) is 25.3 Å². The average Bonchev–Trinajstić information content (AvgIpc) is 3.22. The molecule has 0 amide bonds. The van der Waals surface area contributed by atoms with Crippen LogP contribution >= 0.6 is 22.7 Å². The number of benzene rings is 1. The molecule has 0 spiro atoms. The summed E-state index contributed by atoms with van der Waals surface area (Å²) in [6.45, 7) is 0. The van der Waals surface area contributed by atoms with Crippen LogP contribution in [-0.2, 0) is 12.8 Å². The van der Waals surface area contributed by atoms with Gasteiger partial charge in [-0.2, -0.15) is 0 Å². The molecule has 0 saturated heterocycles. The van der Waals surface area contributed by atoms with Crippen LogP contribution in [0.1, 0.15) is 33.5 Å². The first-order valence-corrected chi connectivity index (χ1v) is 8.70. The highest BCUT2D eigenvalue weighted by Crippen LogP contribution is 2.38. The summed E-state index contributed by atoms with van der Waals surface area (Å²) in [6, 6.07) is 12.2. The second-order valence-electron chi connectivity index (χ2n) is 5.25. The quantitative estimate of drug-likeness (QED) is 0.800. The summed E-state index contributed by atoms with van der Waals surface area (Å²) in [5, 5.41) is 10.5. The molecule has 0 aliphatic heterocycles. The highest BCUT2D eigenvalue weighted by molar-refractivity contribution is 7.21. The maximum Gasteiger partial charge on any atom is 0.157 e. The molecule has 1 aliphatic carbocycles. The minimum atomic E-state index is -0.191. The summed E-state index contributed by atoms with van der Waals surface area (Å²) >= 11 is 3.47. The van der Waals surface area contributed by atoms with Crippen LogP contribution in [0, 0.1) is 0 Å². The van der Waals surface area contributed by atoms with Crippen LogP contribution in [0.15, 0.2) is 36.4 Å². The van der Waals surface area contributed by atoms with Crippen molar-refractivity contribution >= 4 is 22.7 Å². The zero-order valence-electron chi connectivity index (χ0n) is 11.5. The first kappa shape index (κ1) is 13.1. The van der Waals surface area contributed by atoms with Crippen LogP contribution in [0.25, 0.3) is 9.88 Å². The van der Waals surface area contributed by atoms with Gasteiger partial charge in [0.15, 0.2) is 5.01 Å². The molecule has 1 unspecified atom stereocenters. The number of hydrogen-bond acceptors (Lipinski definition) is 5. The molecule has 3 aromatic rings. The largest absolute Gasteiger partial charge is 0.318 e. The van der Waals surface area contributed by atoms with Crippen LogP contribution in [0.4, 0.5) is 0 Å². The maximum atomic E-state index is 6.29. The summed E-state index contributed by atoms with van der Waals surface area (Å²) in [6.07, 6.45) is 3.72. The SMILES string of the molecule is NC(c1ccccc1)c1nnc(-c2cc3c(s2)CCC3)s1. The highest BCUT2D eigenvalue weighted by Gasteiger charge is 2.19. The summed E-state index contributed by atoms with van der Waals surface area (Å²) in [4.78, 5) is 2.76. The van der Waals surface area contributed by atoms with Crippen molar-refractivity contribution in [3.05, 3.63) is 57.4 Å². The standard InChI is InChI=1S/C16H15N3S2/c17-14(10-5-2-1-3-6-10)16-19-18-15(21-16)13-9-11-7-4-8-12(11)20-13/h1-3,5-6,9,14H,4,7-8,17H2. The number of hydrogen-bond donors (Lipinski definition) is 1. The lowest BCUT2D eigenvalue weighted by Gasteiger charge is -2.06. The van der Waals surface area contributed by atoms with Crippen LogP contribution in [0.3, 0.4) is 0 Å². The lowest BCUT2D eigenvalue weighted by molar-refractivity contribution is 0.831. The Labute approximate surface area is 131 Å². The summed E-state index contributed by atoms with van der Waals surface area (Å²) in [5.74, 6) is 0. The summed E-state index contributed by atoms with van der Waals surface area (Å²) in [5.41, 5.74) is 8.87. The van der Waals surface area contributed by atoms with Gasteiger partial charge < -0.3 is 5.73 Å². The van der Waals surface area contributed by atoms with E-state index in [9.17, 15) is 0 Å². The van der Waals surface area contributed by atoms with E-state index in [0.717, 1.165) is 15.6 Å². The van der Waals surface area contributed by atoms with Gasteiger partial charge in [0.05, 0.1) is 10.9 Å². The number of nitrogens with zero attached hydrogens (tertiary/aromatic N) is 2. The van der Waals surface area contributed by atoms with E-state index in [1.165, 1.54) is 34.6 Å². The molecule has 5 heteroatoms. The molecule has 0 radical (unpaired) electrons. The van der Waals surface area contributed by atoms with Gasteiger partial charge >= 0.3 is 0 Å². The monoisotopic (exact) mass is 313 g/mol. The number of fused-ring (bicyclic) bond motifs is 1. The Balaban J connectivity index is 1.63. The van der Waals surface area contributed by atoms with E-state index in [2.05, 4.69) is 16.3 Å². The molecule has 3 nitrogen and oxygen atoms in total. The van der Waals surface area contributed by atoms with Crippen molar-refractivity contribution in [2.24, 2.45) is 5.73 Å². The number of nitrogens with two attached hydrogens (primary N) is 1. The second-order valence-corrected chi connectivity index (χ2v) is 7.39. The van der Waals surface area contributed by atoms with Gasteiger partial charge in [-0.15, -0.1) is 21.5 Å². The molecule has 0 fully saturated rings. The minimum Gasteiger partial charge on any atom is -0.318 e. The van der Waals surface area contributed by atoms with Crippen LogP contribution in [0.5, 0.6) is 0 Å². The normalized spacial score (nSPS) is 15.1. The summed E-state index contributed by atoms with van der Waals surface area (Å²) < 4.78 is 0. The van der Waals surface area contributed by atoms with Crippen molar-refractivity contribution in [1.29, 1.82) is 0 Å². The number of rotatable bonds is 3. The molecule has 2 heterocycles. The molecular formula is C16H15N3S2. The van der Waals surface area contributed by atoms with E-state index in [1.807, 2.05) is 41.7 Å². The van der Waals surface area contributed by atoms with Crippen LogP contribution in [-0.4, -0.2) is 10.2 Å². The molecule has 0 saturated carbocycles. The van der Waals surface area contributed by atoms with Gasteiger partial charge in [0, 0.05) is 4.88 Å². The minimum absolute atomic E-state index is 0.191. The Morgan fingerprint density at radius 2 is 1.90 bits per heavy atom. The van der Waals surface area contributed by atoms with Gasteiger partial charge in [-0.3, -0.25) is 0 Å². The number of thiophene rings is 1. The Kier molecular flexibility index (Phi) is 3.33. The van der Waals surface area contributed by atoms with Gasteiger partial charge in [0.2, 0.25) is 0 Å². The molecule has 106 valence electrons. The van der Waals surface area contributed by atoms with Crippen LogP contribution in [0.2, 0.25) is 0 Å². The smallest absolute Gasteiger partial charge is 0.157 e. The third-order valence-corrected chi connectivity index (χ3v) is 6.24. The lowest BCUT2D eigenvalue weighted by atomic mass is 10.1. The van der Waals surface area contributed by atoms with Crippen molar-refractivity contribution in [3.63, 3.8) is 0 Å². The van der Waals surface area contributed by atoms with E-state index < -0.39 is 0 Å². The number of aromatic nitrogens is 2. The number of aryl methyl sites for hydroxylation is 2. The fourth-order valence-corrected chi connectivity index (χ4v) is 4.86. The van der Waals surface area contributed by atoms with Gasteiger partial charge in [-0.1, -0.05) is 41.7 Å². The Bertz CT molecular complexity index is 739. The maximum absolute atomic E-state index is 6.29. The third kappa shape index (κ3) is 2.41. The van der Waals surface area contributed by atoms with Crippen molar-refractivity contribution in [2.75, 3.05) is 0 Å². The van der Waals surface area contributed by atoms with E-state index in [4.69, 9.17) is 5.73 Å². The molecule has 21 heavy (non-hydrogen) atoms. The van der Waals surface area contributed by atoms with Gasteiger partial charge in [-0.25, -0.2) is 0 Å². The summed E-state index contributed by atoms with van der Waals surface area (Å²) in [7, 11) is 0. The third-order valence-electron chi connectivity index (χ3n) is 3.82. The van der Waals surface area contributed by atoms with E-state index in [1.54, 1.807) is 11.3 Å². The zero-order chi connectivity index (χ0) is 14.2.